The topological polar surface area (TPSA) is 132 Å². The van der Waals surface area contributed by atoms with Crippen LogP contribution in [0.3, 0.4) is 0 Å². The molecule has 1 aromatic heterocycles. The normalized spacial score (nSPS) is 11.6. The van der Waals surface area contributed by atoms with Gasteiger partial charge in [-0.1, -0.05) is 36.9 Å². The summed E-state index contributed by atoms with van der Waals surface area (Å²) in [5.74, 6) is -1.10. The summed E-state index contributed by atoms with van der Waals surface area (Å²) in [6.45, 7) is 1.85. The number of benzene rings is 2. The highest BCUT2D eigenvalue weighted by Crippen LogP contribution is 2.26. The molecule has 0 aliphatic carbocycles. The van der Waals surface area contributed by atoms with E-state index in [1.165, 1.54) is 48.2 Å². The van der Waals surface area contributed by atoms with Crippen LogP contribution in [0.1, 0.15) is 29.5 Å². The van der Waals surface area contributed by atoms with Crippen molar-refractivity contribution >= 4 is 35.0 Å². The summed E-state index contributed by atoms with van der Waals surface area (Å²) in [5.41, 5.74) is 0.129. The van der Waals surface area contributed by atoms with Crippen molar-refractivity contribution in [2.45, 2.75) is 30.3 Å². The summed E-state index contributed by atoms with van der Waals surface area (Å²) in [5, 5.41) is 24.3. The lowest BCUT2D eigenvalue weighted by atomic mass is 10.2. The van der Waals surface area contributed by atoms with E-state index in [2.05, 4.69) is 20.8 Å². The molecule has 3 aromatic rings. The molecule has 0 spiro atoms. The number of aromatic nitrogens is 3. The van der Waals surface area contributed by atoms with Crippen LogP contribution in [0.25, 0.3) is 0 Å². The van der Waals surface area contributed by atoms with Crippen molar-refractivity contribution in [3.05, 3.63) is 75.9 Å². The highest BCUT2D eigenvalue weighted by Gasteiger charge is 2.22. The molecule has 0 radical (unpaired) electrons. The molecule has 33 heavy (non-hydrogen) atoms. The van der Waals surface area contributed by atoms with Crippen molar-refractivity contribution in [1.82, 2.24) is 20.1 Å². The molecule has 0 bridgehead atoms. The van der Waals surface area contributed by atoms with E-state index in [9.17, 15) is 24.1 Å². The fourth-order valence-corrected chi connectivity index (χ4v) is 3.81. The Kier molecular flexibility index (Phi) is 7.72. The molecule has 3 rings (SSSR count). The summed E-state index contributed by atoms with van der Waals surface area (Å²) < 4.78 is 15.4. The molecule has 10 nitrogen and oxygen atoms in total. The van der Waals surface area contributed by atoms with Crippen LogP contribution in [0.2, 0.25) is 0 Å². The first kappa shape index (κ1) is 23.9. The molecule has 2 amide bonds. The summed E-state index contributed by atoms with van der Waals surface area (Å²) in [6, 6.07) is 11.3. The predicted octanol–water partition coefficient (Wildman–Crippen LogP) is 3.30. The Morgan fingerprint density at radius 1 is 1.21 bits per heavy atom. The molecule has 2 N–H and O–H groups in total. The Morgan fingerprint density at radius 2 is 1.97 bits per heavy atom. The van der Waals surface area contributed by atoms with Gasteiger partial charge in [0.2, 0.25) is 5.91 Å². The number of anilines is 1. The zero-order valence-electron chi connectivity index (χ0n) is 17.8. The molecular weight excluding hydrogens is 451 g/mol. The van der Waals surface area contributed by atoms with E-state index in [4.69, 9.17) is 0 Å². The van der Waals surface area contributed by atoms with E-state index in [-0.39, 0.29) is 23.7 Å². The predicted molar refractivity (Wildman–Crippen MR) is 120 cm³/mol. The van der Waals surface area contributed by atoms with E-state index in [1.54, 1.807) is 23.7 Å². The number of non-ortho nitro benzene ring substituents is 1. The number of rotatable bonds is 9. The Bertz CT molecular complexity index is 1190. The van der Waals surface area contributed by atoms with Gasteiger partial charge in [-0.2, -0.15) is 0 Å². The van der Waals surface area contributed by atoms with Crippen LogP contribution >= 0.6 is 11.8 Å². The van der Waals surface area contributed by atoms with Crippen LogP contribution < -0.4 is 10.6 Å². The van der Waals surface area contributed by atoms with Gasteiger partial charge in [0, 0.05) is 24.9 Å². The fraction of sp³-hybridized carbons (Fsp3) is 0.238. The Morgan fingerprint density at radius 3 is 2.67 bits per heavy atom. The summed E-state index contributed by atoms with van der Waals surface area (Å²) >= 11 is 1.18. The molecule has 12 heteroatoms. The number of nitro benzene ring substituents is 1. The molecule has 0 fully saturated rings. The van der Waals surface area contributed by atoms with Gasteiger partial charge in [-0.3, -0.25) is 19.7 Å². The van der Waals surface area contributed by atoms with Crippen LogP contribution in [0.4, 0.5) is 15.8 Å². The summed E-state index contributed by atoms with van der Waals surface area (Å²) in [6.07, 6.45) is 0.470. The third-order valence-electron chi connectivity index (χ3n) is 4.69. The van der Waals surface area contributed by atoms with Gasteiger partial charge in [0.05, 0.1) is 22.3 Å². The minimum absolute atomic E-state index is 0.0217. The lowest BCUT2D eigenvalue weighted by Gasteiger charge is -2.14. The van der Waals surface area contributed by atoms with Crippen LogP contribution in [0, 0.1) is 15.9 Å². The standard InChI is InChI=1S/C21H21FN6O4S/c1-3-17(20(30)24-13-7-6-8-14(11-13)28(31)32)33-21-26-25-18(27(21)2)12-23-19(29)15-9-4-5-10-16(15)22/h4-11,17H,3,12H2,1-2H3,(H,23,29)(H,24,30)/t17-/m0/s1. The molecule has 0 saturated heterocycles. The number of carbonyl (C=O) groups excluding carboxylic acids is 2. The largest absolute Gasteiger partial charge is 0.345 e. The van der Waals surface area contributed by atoms with Gasteiger partial charge in [-0.05, 0) is 24.6 Å². The Balaban J connectivity index is 1.63. The first-order chi connectivity index (χ1) is 15.8. The van der Waals surface area contributed by atoms with Gasteiger partial charge in [0.1, 0.15) is 5.82 Å². The van der Waals surface area contributed by atoms with Crippen molar-refractivity contribution < 1.29 is 18.9 Å². The quantitative estimate of drug-likeness (QED) is 0.277. The maximum atomic E-state index is 13.8. The maximum Gasteiger partial charge on any atom is 0.271 e. The first-order valence-electron chi connectivity index (χ1n) is 9.93. The van der Waals surface area contributed by atoms with Gasteiger partial charge in [-0.15, -0.1) is 10.2 Å². The number of carbonyl (C=O) groups is 2. The molecule has 0 aliphatic heterocycles. The van der Waals surface area contributed by atoms with Crippen LogP contribution in [0.15, 0.2) is 53.7 Å². The van der Waals surface area contributed by atoms with Gasteiger partial charge in [0.25, 0.3) is 11.6 Å². The average Bonchev–Trinajstić information content (AvgIpc) is 3.15. The molecule has 0 unspecified atom stereocenters. The maximum absolute atomic E-state index is 13.8. The lowest BCUT2D eigenvalue weighted by molar-refractivity contribution is -0.384. The number of thioether (sulfide) groups is 1. The van der Waals surface area contributed by atoms with E-state index < -0.39 is 21.9 Å². The van der Waals surface area contributed by atoms with E-state index in [1.807, 2.05) is 6.92 Å². The molecule has 0 aliphatic rings. The molecular formula is C21H21FN6O4S. The second-order valence-corrected chi connectivity index (χ2v) is 8.10. The van der Waals surface area contributed by atoms with Crippen molar-refractivity contribution in [3.8, 4) is 0 Å². The number of amides is 2. The third-order valence-corrected chi connectivity index (χ3v) is 6.08. The van der Waals surface area contributed by atoms with Crippen molar-refractivity contribution in [2.24, 2.45) is 7.05 Å². The molecule has 0 saturated carbocycles. The first-order valence-corrected chi connectivity index (χ1v) is 10.8. The highest BCUT2D eigenvalue weighted by molar-refractivity contribution is 8.00. The molecule has 172 valence electrons. The van der Waals surface area contributed by atoms with Gasteiger partial charge in [-0.25, -0.2) is 4.39 Å². The SMILES string of the molecule is CC[C@H](Sc1nnc(CNC(=O)c2ccccc2F)n1C)C(=O)Nc1cccc([N+](=O)[O-])c1. The number of nitro groups is 1. The third kappa shape index (κ3) is 5.92. The zero-order chi connectivity index (χ0) is 24.0. The van der Waals surface area contributed by atoms with Crippen molar-refractivity contribution in [2.75, 3.05) is 5.32 Å². The Hall–Kier alpha value is -3.80. The zero-order valence-corrected chi connectivity index (χ0v) is 18.6. The number of hydrogen-bond acceptors (Lipinski definition) is 7. The van der Waals surface area contributed by atoms with E-state index >= 15 is 0 Å². The van der Waals surface area contributed by atoms with Gasteiger partial charge in [0.15, 0.2) is 11.0 Å². The smallest absolute Gasteiger partial charge is 0.271 e. The summed E-state index contributed by atoms with van der Waals surface area (Å²) in [4.78, 5) is 35.3. The summed E-state index contributed by atoms with van der Waals surface area (Å²) in [7, 11) is 1.69. The van der Waals surface area contributed by atoms with Gasteiger partial charge < -0.3 is 15.2 Å². The highest BCUT2D eigenvalue weighted by atomic mass is 32.2. The fourth-order valence-electron chi connectivity index (χ4n) is 2.87. The van der Waals surface area contributed by atoms with E-state index in [0.717, 1.165) is 0 Å². The molecule has 2 aromatic carbocycles. The van der Waals surface area contributed by atoms with Crippen LogP contribution in [-0.4, -0.2) is 36.8 Å². The van der Waals surface area contributed by atoms with Crippen LogP contribution in [-0.2, 0) is 18.4 Å². The molecule has 1 heterocycles. The van der Waals surface area contributed by atoms with Crippen LogP contribution in [0.5, 0.6) is 0 Å². The molecule has 1 atom stereocenters. The number of hydrogen-bond donors (Lipinski definition) is 2. The average molecular weight is 473 g/mol. The number of nitrogens with one attached hydrogen (secondary N) is 2. The monoisotopic (exact) mass is 472 g/mol. The second kappa shape index (κ2) is 10.7. The van der Waals surface area contributed by atoms with E-state index in [0.29, 0.717) is 23.1 Å². The van der Waals surface area contributed by atoms with Gasteiger partial charge >= 0.3 is 0 Å². The minimum Gasteiger partial charge on any atom is -0.345 e. The Labute approximate surface area is 192 Å². The minimum atomic E-state index is -0.621. The number of nitrogens with zero attached hydrogens (tertiary/aromatic N) is 4. The second-order valence-electron chi connectivity index (χ2n) is 6.93. The van der Waals surface area contributed by atoms with Crippen molar-refractivity contribution in [3.63, 3.8) is 0 Å². The number of halogens is 1. The lowest BCUT2D eigenvalue weighted by Crippen LogP contribution is -2.26. The van der Waals surface area contributed by atoms with Crippen molar-refractivity contribution in [1.29, 1.82) is 0 Å².